The number of piperazine rings is 1. The van der Waals surface area contributed by atoms with E-state index in [-0.39, 0.29) is 16.2 Å². The summed E-state index contributed by atoms with van der Waals surface area (Å²) in [4.78, 5) is 26.1. The molecule has 3 heterocycles. The van der Waals surface area contributed by atoms with Crippen molar-refractivity contribution in [3.63, 3.8) is 0 Å². The normalized spacial score (nSPS) is 20.3. The molecule has 1 aromatic heterocycles. The monoisotopic (exact) mass is 533 g/mol. The van der Waals surface area contributed by atoms with E-state index in [4.69, 9.17) is 4.74 Å². The first-order chi connectivity index (χ1) is 18.3. The summed E-state index contributed by atoms with van der Waals surface area (Å²) in [5.41, 5.74) is 1.13. The van der Waals surface area contributed by atoms with Crippen LogP contribution in [0.3, 0.4) is 0 Å². The molecule has 1 amide bonds. The van der Waals surface area contributed by atoms with Crippen LogP contribution in [0.15, 0.2) is 83.0 Å². The number of aromatic nitrogens is 1. The largest absolute Gasteiger partial charge is 0.484 e. The molecule has 1 saturated heterocycles. The Morgan fingerprint density at radius 1 is 1.05 bits per heavy atom. The van der Waals surface area contributed by atoms with Crippen molar-refractivity contribution in [2.24, 2.45) is 10.4 Å². The molecule has 1 fully saturated rings. The van der Waals surface area contributed by atoms with Crippen molar-refractivity contribution < 1.29 is 17.9 Å². The quantitative estimate of drug-likeness (QED) is 0.518. The number of aliphatic imine (C=N–C) groups is 1. The molecule has 0 radical (unpaired) electrons. The summed E-state index contributed by atoms with van der Waals surface area (Å²) in [7, 11) is -2.20. The smallest absolute Gasteiger partial charge is 0.264 e. The van der Waals surface area contributed by atoms with E-state index >= 15 is 0 Å². The second-order valence-corrected chi connectivity index (χ2v) is 11.5. The van der Waals surface area contributed by atoms with Gasteiger partial charge >= 0.3 is 0 Å². The minimum Gasteiger partial charge on any atom is -0.484 e. The Kier molecular flexibility index (Phi) is 7.18. The van der Waals surface area contributed by atoms with E-state index in [9.17, 15) is 13.2 Å². The number of allylic oxidation sites excluding steroid dienone is 1. The molecule has 1 atom stereocenters. The second kappa shape index (κ2) is 10.5. The molecule has 2 aromatic carbocycles. The molecule has 198 valence electrons. The lowest BCUT2D eigenvalue weighted by Gasteiger charge is -2.40. The number of ether oxygens (including phenoxy) is 1. The number of rotatable bonds is 6. The third-order valence-electron chi connectivity index (χ3n) is 7.08. The fourth-order valence-electron chi connectivity index (χ4n) is 5.08. The number of carbonyl (C=O) groups is 1. The van der Waals surface area contributed by atoms with E-state index in [0.717, 1.165) is 37.3 Å². The van der Waals surface area contributed by atoms with Crippen LogP contribution in [0.4, 0.5) is 5.69 Å². The SMILES string of the molecule is COC1=NC=CCC1(C)CN1CCN(C(=O)c2ccc(NS(=O)(=O)c3cccc4cccnc34)cc2)CC1. The summed E-state index contributed by atoms with van der Waals surface area (Å²) in [6, 6.07) is 15.2. The Morgan fingerprint density at radius 3 is 2.53 bits per heavy atom. The van der Waals surface area contributed by atoms with Crippen LogP contribution >= 0.6 is 0 Å². The molecule has 2 aliphatic heterocycles. The van der Waals surface area contributed by atoms with Crippen LogP contribution in [0.2, 0.25) is 0 Å². The van der Waals surface area contributed by atoms with Crippen molar-refractivity contribution in [2.45, 2.75) is 18.2 Å². The predicted molar refractivity (Wildman–Crippen MR) is 148 cm³/mol. The first kappa shape index (κ1) is 25.9. The minimum absolute atomic E-state index is 0.0664. The first-order valence-corrected chi connectivity index (χ1v) is 14.0. The van der Waals surface area contributed by atoms with Crippen molar-refractivity contribution in [1.82, 2.24) is 14.8 Å². The lowest BCUT2D eigenvalue weighted by Crippen LogP contribution is -2.52. The molecule has 0 bridgehead atoms. The number of nitrogens with one attached hydrogen (secondary N) is 1. The van der Waals surface area contributed by atoms with Gasteiger partial charge < -0.3 is 9.64 Å². The third kappa shape index (κ3) is 5.27. The molecular formula is C28H31N5O4S. The summed E-state index contributed by atoms with van der Waals surface area (Å²) >= 11 is 0. The summed E-state index contributed by atoms with van der Waals surface area (Å²) < 4.78 is 34.3. The van der Waals surface area contributed by atoms with Gasteiger partial charge in [-0.25, -0.2) is 13.4 Å². The molecule has 0 aliphatic carbocycles. The molecule has 0 saturated carbocycles. The van der Waals surface area contributed by atoms with Crippen molar-refractivity contribution >= 4 is 38.4 Å². The number of pyridine rings is 1. The average Bonchev–Trinajstić information content (AvgIpc) is 2.93. The number of hydrogen-bond donors (Lipinski definition) is 1. The van der Waals surface area contributed by atoms with Gasteiger partial charge in [0.05, 0.1) is 18.0 Å². The Morgan fingerprint density at radius 2 is 1.79 bits per heavy atom. The number of para-hydroxylation sites is 1. The molecule has 1 N–H and O–H groups in total. The fourth-order valence-corrected chi connectivity index (χ4v) is 6.32. The molecule has 9 nitrogen and oxygen atoms in total. The van der Waals surface area contributed by atoms with Crippen LogP contribution in [0.5, 0.6) is 0 Å². The standard InChI is InChI=1S/C28H31N5O4S/c1-28(13-5-15-30-27(28)37-2)20-32-16-18-33(19-17-32)26(34)22-9-11-23(12-10-22)31-38(35,36)24-8-3-6-21-7-4-14-29-25(21)24/h3-12,14-15,31H,13,16-20H2,1-2H3. The van der Waals surface area contributed by atoms with Gasteiger partial charge in [-0.2, -0.15) is 0 Å². The van der Waals surface area contributed by atoms with E-state index in [1.807, 2.05) is 17.0 Å². The van der Waals surface area contributed by atoms with Crippen LogP contribution < -0.4 is 4.72 Å². The van der Waals surface area contributed by atoms with Crippen LogP contribution in [0.25, 0.3) is 10.9 Å². The number of hydrogen-bond acceptors (Lipinski definition) is 7. The zero-order valence-corrected chi connectivity index (χ0v) is 22.3. The van der Waals surface area contributed by atoms with Gasteiger partial charge in [0.2, 0.25) is 0 Å². The van der Waals surface area contributed by atoms with Gasteiger partial charge in [0.25, 0.3) is 15.9 Å². The van der Waals surface area contributed by atoms with Gasteiger partial charge in [0.15, 0.2) is 5.90 Å². The van der Waals surface area contributed by atoms with E-state index < -0.39 is 10.0 Å². The Balaban J connectivity index is 1.20. The average molecular weight is 534 g/mol. The number of methoxy groups -OCH3 is 1. The van der Waals surface area contributed by atoms with Crippen molar-refractivity contribution in [3.8, 4) is 0 Å². The zero-order valence-electron chi connectivity index (χ0n) is 21.5. The molecule has 0 spiro atoms. The molecule has 2 aliphatic rings. The zero-order chi connectivity index (χ0) is 26.8. The van der Waals surface area contributed by atoms with Crippen LogP contribution in [-0.4, -0.2) is 74.8 Å². The summed E-state index contributed by atoms with van der Waals surface area (Å²) in [5, 5.41) is 0.744. The van der Waals surface area contributed by atoms with Gasteiger partial charge in [0.1, 0.15) is 4.90 Å². The minimum atomic E-state index is -3.86. The third-order valence-corrected chi connectivity index (χ3v) is 8.49. The molecule has 10 heteroatoms. The Hall–Kier alpha value is -3.76. The molecule has 5 rings (SSSR count). The van der Waals surface area contributed by atoms with E-state index in [1.54, 1.807) is 55.9 Å². The van der Waals surface area contributed by atoms with Gasteiger partial charge in [-0.15, -0.1) is 0 Å². The number of benzene rings is 2. The van der Waals surface area contributed by atoms with Crippen molar-refractivity contribution in [3.05, 3.63) is 78.6 Å². The molecular weight excluding hydrogens is 502 g/mol. The maximum absolute atomic E-state index is 13.1. The number of carbonyl (C=O) groups excluding carboxylic acids is 1. The molecule has 38 heavy (non-hydrogen) atoms. The lowest BCUT2D eigenvalue weighted by molar-refractivity contribution is 0.0595. The van der Waals surface area contributed by atoms with E-state index in [2.05, 4.69) is 32.6 Å². The summed E-state index contributed by atoms with van der Waals surface area (Å²) in [6.45, 7) is 5.73. The molecule has 1 unspecified atom stereocenters. The predicted octanol–water partition coefficient (Wildman–Crippen LogP) is 3.76. The topological polar surface area (TPSA) is 104 Å². The maximum Gasteiger partial charge on any atom is 0.264 e. The first-order valence-electron chi connectivity index (χ1n) is 12.5. The van der Waals surface area contributed by atoms with Gasteiger partial charge in [0, 0.05) is 61.8 Å². The number of anilines is 1. The summed E-state index contributed by atoms with van der Waals surface area (Å²) in [5.74, 6) is 0.675. The second-order valence-electron chi connectivity index (χ2n) is 9.87. The lowest BCUT2D eigenvalue weighted by atomic mass is 9.84. The van der Waals surface area contributed by atoms with Gasteiger partial charge in [-0.3, -0.25) is 19.4 Å². The molecule has 3 aromatic rings. The van der Waals surface area contributed by atoms with Crippen LogP contribution in [0.1, 0.15) is 23.7 Å². The highest BCUT2D eigenvalue weighted by molar-refractivity contribution is 7.93. The van der Waals surface area contributed by atoms with Crippen LogP contribution in [-0.2, 0) is 14.8 Å². The summed E-state index contributed by atoms with van der Waals surface area (Å²) in [6.07, 6.45) is 6.28. The highest BCUT2D eigenvalue weighted by atomic mass is 32.2. The number of amides is 1. The van der Waals surface area contributed by atoms with Crippen molar-refractivity contribution in [2.75, 3.05) is 44.6 Å². The maximum atomic E-state index is 13.1. The Labute approximate surface area is 222 Å². The number of sulfonamides is 1. The van der Waals surface area contributed by atoms with Crippen LogP contribution in [0, 0.1) is 5.41 Å². The van der Waals surface area contributed by atoms with Gasteiger partial charge in [-0.1, -0.05) is 24.3 Å². The highest BCUT2D eigenvalue weighted by Crippen LogP contribution is 2.30. The number of fused-ring (bicyclic) bond motifs is 1. The Bertz CT molecular complexity index is 1490. The van der Waals surface area contributed by atoms with E-state index in [1.165, 1.54) is 6.07 Å². The van der Waals surface area contributed by atoms with Crippen molar-refractivity contribution in [1.29, 1.82) is 0 Å². The fraction of sp³-hybridized carbons (Fsp3) is 0.321. The van der Waals surface area contributed by atoms with E-state index in [0.29, 0.717) is 29.9 Å². The number of nitrogens with zero attached hydrogens (tertiary/aromatic N) is 4. The highest BCUT2D eigenvalue weighted by Gasteiger charge is 2.36. The van der Waals surface area contributed by atoms with Gasteiger partial charge in [-0.05, 0) is 49.7 Å².